The van der Waals surface area contributed by atoms with Gasteiger partial charge in [0.2, 0.25) is 0 Å². The molecular formula is C13H24O2. The molecule has 0 radical (unpaired) electrons. The number of hydrogen-bond acceptors (Lipinski definition) is 2. The molecule has 1 atom stereocenters. The van der Waals surface area contributed by atoms with Crippen LogP contribution in [0, 0.1) is 10.8 Å². The maximum Gasteiger partial charge on any atom is 0.104 e. The first-order valence-corrected chi connectivity index (χ1v) is 6.15. The predicted molar refractivity (Wildman–Crippen MR) is 60.9 cm³/mol. The molecule has 0 aromatic heterocycles. The van der Waals surface area contributed by atoms with Crippen molar-refractivity contribution in [1.82, 2.24) is 0 Å². The van der Waals surface area contributed by atoms with Gasteiger partial charge in [-0.25, -0.2) is 0 Å². The Morgan fingerprint density at radius 3 is 2.13 bits per heavy atom. The molecule has 2 heteroatoms. The molecule has 2 nitrogen and oxygen atoms in total. The van der Waals surface area contributed by atoms with Crippen LogP contribution in [0.15, 0.2) is 0 Å². The van der Waals surface area contributed by atoms with Crippen LogP contribution >= 0.6 is 0 Å². The summed E-state index contributed by atoms with van der Waals surface area (Å²) in [4.78, 5) is 0. The highest BCUT2D eigenvalue weighted by molar-refractivity contribution is 4.95. The number of rotatable bonds is 3. The first-order valence-electron chi connectivity index (χ1n) is 6.15. The zero-order chi connectivity index (χ0) is 11.1. The third-order valence-electron chi connectivity index (χ3n) is 3.91. The van der Waals surface area contributed by atoms with Crippen LogP contribution in [-0.4, -0.2) is 25.4 Å². The van der Waals surface area contributed by atoms with Crippen molar-refractivity contribution in [2.45, 2.75) is 59.2 Å². The van der Waals surface area contributed by atoms with Crippen molar-refractivity contribution in [1.29, 1.82) is 0 Å². The van der Waals surface area contributed by atoms with Gasteiger partial charge in [-0.15, -0.1) is 0 Å². The SMILES string of the molecule is CC1(C)CCCC(C)(C)C1OCC1CO1. The molecule has 2 aliphatic rings. The minimum atomic E-state index is 0.316. The van der Waals surface area contributed by atoms with Crippen molar-refractivity contribution in [2.75, 3.05) is 13.2 Å². The Kier molecular flexibility index (Phi) is 2.85. The summed E-state index contributed by atoms with van der Waals surface area (Å²) < 4.78 is 11.3. The lowest BCUT2D eigenvalue weighted by Gasteiger charge is -2.48. The summed E-state index contributed by atoms with van der Waals surface area (Å²) in [5.41, 5.74) is 0.632. The molecular weight excluding hydrogens is 188 g/mol. The molecule has 2 fully saturated rings. The molecule has 1 unspecified atom stereocenters. The van der Waals surface area contributed by atoms with Crippen LogP contribution in [0.25, 0.3) is 0 Å². The summed E-state index contributed by atoms with van der Waals surface area (Å²) in [6, 6.07) is 0. The van der Waals surface area contributed by atoms with Crippen LogP contribution in [0.4, 0.5) is 0 Å². The van der Waals surface area contributed by atoms with E-state index in [-0.39, 0.29) is 0 Å². The molecule has 2 rings (SSSR count). The van der Waals surface area contributed by atoms with Gasteiger partial charge >= 0.3 is 0 Å². The monoisotopic (exact) mass is 212 g/mol. The second-order valence-corrected chi connectivity index (χ2v) is 6.50. The zero-order valence-corrected chi connectivity index (χ0v) is 10.5. The lowest BCUT2D eigenvalue weighted by atomic mass is 9.63. The van der Waals surface area contributed by atoms with Crippen molar-refractivity contribution in [3.05, 3.63) is 0 Å². The average Bonchev–Trinajstić information content (AvgIpc) is 2.84. The van der Waals surface area contributed by atoms with E-state index in [0.29, 0.717) is 23.0 Å². The molecule has 1 aliphatic heterocycles. The van der Waals surface area contributed by atoms with Gasteiger partial charge in [0.05, 0.1) is 19.3 Å². The fraction of sp³-hybridized carbons (Fsp3) is 1.00. The summed E-state index contributed by atoms with van der Waals surface area (Å²) in [7, 11) is 0. The van der Waals surface area contributed by atoms with Gasteiger partial charge in [0.25, 0.3) is 0 Å². The summed E-state index contributed by atoms with van der Waals surface area (Å²) in [6.07, 6.45) is 4.67. The summed E-state index contributed by atoms with van der Waals surface area (Å²) in [5, 5.41) is 0. The fourth-order valence-corrected chi connectivity index (χ4v) is 3.14. The quantitative estimate of drug-likeness (QED) is 0.671. The van der Waals surface area contributed by atoms with Crippen molar-refractivity contribution in [2.24, 2.45) is 10.8 Å². The first-order chi connectivity index (χ1) is 6.92. The molecule has 1 saturated heterocycles. The van der Waals surface area contributed by atoms with Gasteiger partial charge in [0.1, 0.15) is 6.10 Å². The molecule has 0 spiro atoms. The number of hydrogen-bond donors (Lipinski definition) is 0. The van der Waals surface area contributed by atoms with E-state index in [0.717, 1.165) is 13.2 Å². The third kappa shape index (κ3) is 2.54. The number of ether oxygens (including phenoxy) is 2. The second-order valence-electron chi connectivity index (χ2n) is 6.50. The van der Waals surface area contributed by atoms with Crippen molar-refractivity contribution >= 4 is 0 Å². The Hall–Kier alpha value is -0.0800. The van der Waals surface area contributed by atoms with Gasteiger partial charge in [0, 0.05) is 0 Å². The van der Waals surface area contributed by atoms with E-state index in [4.69, 9.17) is 9.47 Å². The van der Waals surface area contributed by atoms with E-state index in [1.807, 2.05) is 0 Å². The molecule has 0 aromatic carbocycles. The van der Waals surface area contributed by atoms with Crippen LogP contribution in [0.1, 0.15) is 47.0 Å². The molecule has 1 aliphatic carbocycles. The Morgan fingerprint density at radius 1 is 1.13 bits per heavy atom. The zero-order valence-electron chi connectivity index (χ0n) is 10.5. The maximum absolute atomic E-state index is 6.11. The van der Waals surface area contributed by atoms with Crippen LogP contribution in [0.2, 0.25) is 0 Å². The lowest BCUT2D eigenvalue weighted by molar-refractivity contribution is -0.123. The predicted octanol–water partition coefficient (Wildman–Crippen LogP) is 3.01. The standard InChI is InChI=1S/C13H24O2/c1-12(2)6-5-7-13(3,4)11(12)15-9-10-8-14-10/h10-11H,5-9H2,1-4H3. The van der Waals surface area contributed by atoms with Gasteiger partial charge < -0.3 is 9.47 Å². The van der Waals surface area contributed by atoms with E-state index >= 15 is 0 Å². The summed E-state index contributed by atoms with van der Waals surface area (Å²) >= 11 is 0. The Balaban J connectivity index is 1.99. The Labute approximate surface area is 93.3 Å². The highest BCUT2D eigenvalue weighted by Crippen LogP contribution is 2.47. The van der Waals surface area contributed by atoms with Crippen LogP contribution in [0.5, 0.6) is 0 Å². The molecule has 88 valence electrons. The maximum atomic E-state index is 6.11. The minimum absolute atomic E-state index is 0.316. The fourth-order valence-electron chi connectivity index (χ4n) is 3.14. The normalized spacial score (nSPS) is 34.0. The van der Waals surface area contributed by atoms with Gasteiger partial charge in [-0.1, -0.05) is 34.1 Å². The van der Waals surface area contributed by atoms with Crippen molar-refractivity contribution in [3.8, 4) is 0 Å². The largest absolute Gasteiger partial charge is 0.374 e. The van der Waals surface area contributed by atoms with Crippen LogP contribution in [0.3, 0.4) is 0 Å². The highest BCUT2D eigenvalue weighted by atomic mass is 16.6. The van der Waals surface area contributed by atoms with Crippen molar-refractivity contribution < 1.29 is 9.47 Å². The smallest absolute Gasteiger partial charge is 0.104 e. The van der Waals surface area contributed by atoms with Crippen molar-refractivity contribution in [3.63, 3.8) is 0 Å². The molecule has 1 saturated carbocycles. The van der Waals surface area contributed by atoms with E-state index < -0.39 is 0 Å². The van der Waals surface area contributed by atoms with Crippen LogP contribution < -0.4 is 0 Å². The minimum Gasteiger partial charge on any atom is -0.374 e. The third-order valence-corrected chi connectivity index (χ3v) is 3.91. The first kappa shape index (κ1) is 11.4. The molecule has 1 heterocycles. The van der Waals surface area contributed by atoms with Gasteiger partial charge in [-0.2, -0.15) is 0 Å². The molecule has 0 bridgehead atoms. The van der Waals surface area contributed by atoms with Gasteiger partial charge in [0.15, 0.2) is 0 Å². The number of epoxide rings is 1. The van der Waals surface area contributed by atoms with Crippen LogP contribution in [-0.2, 0) is 9.47 Å². The van der Waals surface area contributed by atoms with E-state index in [1.54, 1.807) is 0 Å². The average molecular weight is 212 g/mol. The van der Waals surface area contributed by atoms with E-state index in [9.17, 15) is 0 Å². The topological polar surface area (TPSA) is 21.8 Å². The molecule has 0 amide bonds. The second kappa shape index (κ2) is 3.74. The van der Waals surface area contributed by atoms with E-state index in [2.05, 4.69) is 27.7 Å². The Bertz CT molecular complexity index is 213. The highest BCUT2D eigenvalue weighted by Gasteiger charge is 2.45. The van der Waals surface area contributed by atoms with Gasteiger partial charge in [-0.05, 0) is 23.7 Å². The summed E-state index contributed by atoms with van der Waals surface area (Å²) in [5.74, 6) is 0. The molecule has 15 heavy (non-hydrogen) atoms. The molecule has 0 N–H and O–H groups in total. The Morgan fingerprint density at radius 2 is 1.67 bits per heavy atom. The van der Waals surface area contributed by atoms with Gasteiger partial charge in [-0.3, -0.25) is 0 Å². The van der Waals surface area contributed by atoms with E-state index in [1.165, 1.54) is 19.3 Å². The molecule has 0 aromatic rings. The lowest BCUT2D eigenvalue weighted by Crippen LogP contribution is -2.47. The summed E-state index contributed by atoms with van der Waals surface area (Å²) in [6.45, 7) is 11.0.